The Hall–Kier alpha value is -2.36. The Balaban J connectivity index is 1.87. The van der Waals surface area contributed by atoms with Crippen LogP contribution in [0.5, 0.6) is 11.5 Å². The van der Waals surface area contributed by atoms with Gasteiger partial charge in [-0.2, -0.15) is 0 Å². The second kappa shape index (κ2) is 7.04. The highest BCUT2D eigenvalue weighted by Gasteiger charge is 2.22. The van der Waals surface area contributed by atoms with Crippen molar-refractivity contribution >= 4 is 12.2 Å². The molecule has 126 valence electrons. The maximum absolute atomic E-state index is 13.6. The Morgan fingerprint density at radius 3 is 2.25 bits per heavy atom. The number of hydrogen-bond donors (Lipinski definition) is 2. The van der Waals surface area contributed by atoms with Crippen molar-refractivity contribution in [1.82, 2.24) is 0 Å². The minimum absolute atomic E-state index is 0.0567. The largest absolute Gasteiger partial charge is 0.507 e. The van der Waals surface area contributed by atoms with Crippen molar-refractivity contribution in [2.24, 2.45) is 0 Å². The Labute approximate surface area is 140 Å². The van der Waals surface area contributed by atoms with E-state index in [0.29, 0.717) is 11.1 Å². The molecule has 1 aliphatic carbocycles. The lowest BCUT2D eigenvalue weighted by Gasteiger charge is -2.23. The summed E-state index contributed by atoms with van der Waals surface area (Å²) in [7, 11) is 0. The molecule has 1 saturated carbocycles. The van der Waals surface area contributed by atoms with E-state index in [2.05, 4.69) is 0 Å². The van der Waals surface area contributed by atoms with Gasteiger partial charge in [-0.3, -0.25) is 0 Å². The molecule has 2 N–H and O–H groups in total. The second-order valence-corrected chi connectivity index (χ2v) is 6.28. The van der Waals surface area contributed by atoms with Crippen LogP contribution in [0.25, 0.3) is 12.2 Å². The first kappa shape index (κ1) is 16.5. The van der Waals surface area contributed by atoms with Crippen LogP contribution in [-0.4, -0.2) is 10.2 Å². The zero-order valence-electron chi connectivity index (χ0n) is 13.3. The van der Waals surface area contributed by atoms with Gasteiger partial charge in [0.2, 0.25) is 0 Å². The summed E-state index contributed by atoms with van der Waals surface area (Å²) in [4.78, 5) is 0. The van der Waals surface area contributed by atoms with Gasteiger partial charge in [-0.1, -0.05) is 43.5 Å². The van der Waals surface area contributed by atoms with E-state index in [1.807, 2.05) is 0 Å². The van der Waals surface area contributed by atoms with Gasteiger partial charge in [0.05, 0.1) is 0 Å². The van der Waals surface area contributed by atoms with Crippen LogP contribution < -0.4 is 0 Å². The zero-order valence-corrected chi connectivity index (χ0v) is 13.3. The van der Waals surface area contributed by atoms with Crippen LogP contribution in [-0.2, 0) is 0 Å². The summed E-state index contributed by atoms with van der Waals surface area (Å²) >= 11 is 0. The van der Waals surface area contributed by atoms with Gasteiger partial charge in [-0.05, 0) is 42.5 Å². The van der Waals surface area contributed by atoms with Crippen LogP contribution >= 0.6 is 0 Å². The van der Waals surface area contributed by atoms with Crippen molar-refractivity contribution in [1.29, 1.82) is 0 Å². The van der Waals surface area contributed by atoms with Crippen LogP contribution in [0.2, 0.25) is 0 Å². The fraction of sp³-hybridized carbons (Fsp3) is 0.300. The summed E-state index contributed by atoms with van der Waals surface area (Å²) in [5, 5.41) is 20.6. The van der Waals surface area contributed by atoms with Crippen LogP contribution in [0.15, 0.2) is 30.3 Å². The van der Waals surface area contributed by atoms with E-state index < -0.39 is 11.6 Å². The van der Waals surface area contributed by atoms with Gasteiger partial charge >= 0.3 is 0 Å². The molecule has 0 saturated heterocycles. The topological polar surface area (TPSA) is 40.5 Å². The summed E-state index contributed by atoms with van der Waals surface area (Å²) < 4.78 is 26.8. The van der Waals surface area contributed by atoms with Gasteiger partial charge in [-0.15, -0.1) is 0 Å². The summed E-state index contributed by atoms with van der Waals surface area (Å²) in [5.41, 5.74) is 1.25. The number of rotatable bonds is 3. The summed E-state index contributed by atoms with van der Waals surface area (Å²) in [6, 6.07) is 7.06. The monoisotopic (exact) mass is 330 g/mol. The Kier molecular flexibility index (Phi) is 4.84. The van der Waals surface area contributed by atoms with E-state index in [1.54, 1.807) is 18.2 Å². The molecule has 0 aromatic heterocycles. The van der Waals surface area contributed by atoms with Crippen molar-refractivity contribution in [2.45, 2.75) is 38.0 Å². The molecule has 3 rings (SSSR count). The lowest BCUT2D eigenvalue weighted by atomic mass is 9.83. The average Bonchev–Trinajstić information content (AvgIpc) is 2.57. The molecule has 0 bridgehead atoms. The highest BCUT2D eigenvalue weighted by Crippen LogP contribution is 2.42. The normalized spacial score (nSPS) is 15.9. The molecule has 0 radical (unpaired) electrons. The fourth-order valence-electron chi connectivity index (χ4n) is 3.39. The molecule has 0 unspecified atom stereocenters. The van der Waals surface area contributed by atoms with Gasteiger partial charge < -0.3 is 10.2 Å². The summed E-state index contributed by atoms with van der Waals surface area (Å²) in [5.74, 6) is -1.53. The van der Waals surface area contributed by atoms with Crippen LogP contribution in [0.3, 0.4) is 0 Å². The lowest BCUT2D eigenvalue weighted by molar-refractivity contribution is 0.389. The van der Waals surface area contributed by atoms with Crippen molar-refractivity contribution in [2.75, 3.05) is 0 Å². The summed E-state index contributed by atoms with van der Waals surface area (Å²) in [6.07, 6.45) is 8.29. The molecule has 1 fully saturated rings. The van der Waals surface area contributed by atoms with E-state index in [1.165, 1.54) is 24.6 Å². The minimum atomic E-state index is -0.916. The Morgan fingerprint density at radius 1 is 0.917 bits per heavy atom. The molecule has 0 atom stereocenters. The first-order valence-electron chi connectivity index (χ1n) is 8.24. The third-order valence-electron chi connectivity index (χ3n) is 4.61. The number of phenols is 2. The number of benzene rings is 2. The van der Waals surface area contributed by atoms with Gasteiger partial charge in [0.1, 0.15) is 11.5 Å². The average molecular weight is 330 g/mol. The molecule has 2 aromatic carbocycles. The van der Waals surface area contributed by atoms with Crippen molar-refractivity contribution in [3.05, 3.63) is 58.7 Å². The van der Waals surface area contributed by atoms with Gasteiger partial charge in [0.25, 0.3) is 0 Å². The highest BCUT2D eigenvalue weighted by molar-refractivity contribution is 5.72. The molecular weight excluding hydrogens is 310 g/mol. The van der Waals surface area contributed by atoms with Crippen molar-refractivity contribution in [3.8, 4) is 11.5 Å². The molecule has 0 spiro atoms. The third kappa shape index (κ3) is 3.42. The zero-order chi connectivity index (χ0) is 17.1. The van der Waals surface area contributed by atoms with E-state index in [0.717, 1.165) is 31.7 Å². The number of phenolic OH excluding ortho intramolecular Hbond substituents is 2. The van der Waals surface area contributed by atoms with E-state index in [9.17, 15) is 19.0 Å². The minimum Gasteiger partial charge on any atom is -0.507 e. The summed E-state index contributed by atoms with van der Waals surface area (Å²) in [6.45, 7) is 0. The highest BCUT2D eigenvalue weighted by atomic mass is 19.2. The SMILES string of the molecule is Oc1cc(C=Cc2cccc(F)c2F)cc(O)c1C1CCCCC1. The first-order chi connectivity index (χ1) is 11.6. The number of halogens is 2. The molecule has 2 nitrogen and oxygen atoms in total. The van der Waals surface area contributed by atoms with Gasteiger partial charge in [0.15, 0.2) is 11.6 Å². The predicted molar refractivity (Wildman–Crippen MR) is 90.9 cm³/mol. The van der Waals surface area contributed by atoms with E-state index in [-0.39, 0.29) is 23.0 Å². The van der Waals surface area contributed by atoms with Crippen molar-refractivity contribution in [3.63, 3.8) is 0 Å². The number of aromatic hydroxyl groups is 2. The van der Waals surface area contributed by atoms with Gasteiger partial charge in [0, 0.05) is 11.1 Å². The molecule has 24 heavy (non-hydrogen) atoms. The molecule has 1 aliphatic rings. The smallest absolute Gasteiger partial charge is 0.166 e. The third-order valence-corrected chi connectivity index (χ3v) is 4.61. The second-order valence-electron chi connectivity index (χ2n) is 6.28. The standard InChI is InChI=1S/C20H20F2O2/c21-16-8-4-7-15(20(16)22)10-9-13-11-17(23)19(18(24)12-13)14-5-2-1-3-6-14/h4,7-12,14,23-24H,1-3,5-6H2. The van der Waals surface area contributed by atoms with Crippen LogP contribution in [0.4, 0.5) is 8.78 Å². The van der Waals surface area contributed by atoms with Crippen LogP contribution in [0, 0.1) is 11.6 Å². The fourth-order valence-corrected chi connectivity index (χ4v) is 3.39. The predicted octanol–water partition coefficient (Wildman–Crippen LogP) is 5.59. The number of hydrogen-bond acceptors (Lipinski definition) is 2. The molecule has 0 aliphatic heterocycles. The van der Waals surface area contributed by atoms with Crippen molar-refractivity contribution < 1.29 is 19.0 Å². The Bertz CT molecular complexity index is 739. The maximum atomic E-state index is 13.6. The molecule has 4 heteroatoms. The molecule has 0 heterocycles. The maximum Gasteiger partial charge on any atom is 0.166 e. The Morgan fingerprint density at radius 2 is 1.58 bits per heavy atom. The van der Waals surface area contributed by atoms with Crippen LogP contribution in [0.1, 0.15) is 54.7 Å². The van der Waals surface area contributed by atoms with Gasteiger partial charge in [-0.25, -0.2) is 8.78 Å². The molecule has 2 aromatic rings. The quantitative estimate of drug-likeness (QED) is 0.720. The van der Waals surface area contributed by atoms with E-state index in [4.69, 9.17) is 0 Å². The first-order valence-corrected chi connectivity index (χ1v) is 8.24. The lowest BCUT2D eigenvalue weighted by Crippen LogP contribution is -2.05. The molecule has 0 amide bonds. The van der Waals surface area contributed by atoms with E-state index >= 15 is 0 Å². The molecular formula is C20H20F2O2.